The molecule has 0 radical (unpaired) electrons. The van der Waals surface area contributed by atoms with E-state index in [1.165, 1.54) is 12.1 Å². The number of hydrogen-bond acceptors (Lipinski definition) is 3. The van der Waals surface area contributed by atoms with Gasteiger partial charge in [-0.05, 0) is 42.0 Å². The molecule has 24 heavy (non-hydrogen) atoms. The summed E-state index contributed by atoms with van der Waals surface area (Å²) in [4.78, 5) is 16.3. The van der Waals surface area contributed by atoms with Crippen molar-refractivity contribution in [3.63, 3.8) is 0 Å². The first-order valence-corrected chi connectivity index (χ1v) is 7.51. The van der Waals surface area contributed by atoms with Crippen molar-refractivity contribution in [3.05, 3.63) is 89.9 Å². The SMILES string of the molecule is O=C(Nc1ccc(NCc2ccc(F)cc2)cn1)c1ccccc1. The third-order valence-electron chi connectivity index (χ3n) is 3.45. The summed E-state index contributed by atoms with van der Waals surface area (Å²) in [7, 11) is 0. The topological polar surface area (TPSA) is 54.0 Å². The first kappa shape index (κ1) is 15.7. The van der Waals surface area contributed by atoms with Gasteiger partial charge in [0.05, 0.1) is 11.9 Å². The van der Waals surface area contributed by atoms with E-state index in [4.69, 9.17) is 0 Å². The van der Waals surface area contributed by atoms with Gasteiger partial charge in [-0.2, -0.15) is 0 Å². The molecule has 0 saturated carbocycles. The molecule has 3 rings (SSSR count). The molecule has 0 spiro atoms. The number of nitrogens with zero attached hydrogens (tertiary/aromatic N) is 1. The lowest BCUT2D eigenvalue weighted by atomic mass is 10.2. The Morgan fingerprint density at radius 1 is 0.958 bits per heavy atom. The Bertz CT molecular complexity index is 802. The first-order chi connectivity index (χ1) is 11.7. The van der Waals surface area contributed by atoms with Crippen LogP contribution in [0.5, 0.6) is 0 Å². The zero-order valence-electron chi connectivity index (χ0n) is 12.9. The van der Waals surface area contributed by atoms with Crippen LogP contribution in [-0.2, 0) is 6.54 Å². The van der Waals surface area contributed by atoms with E-state index in [1.54, 1.807) is 36.5 Å². The molecule has 1 amide bonds. The van der Waals surface area contributed by atoms with Crippen LogP contribution in [-0.4, -0.2) is 10.9 Å². The number of hydrogen-bond donors (Lipinski definition) is 2. The minimum absolute atomic E-state index is 0.199. The van der Waals surface area contributed by atoms with Gasteiger partial charge in [-0.1, -0.05) is 30.3 Å². The molecule has 0 fully saturated rings. The molecule has 5 heteroatoms. The van der Waals surface area contributed by atoms with Gasteiger partial charge in [0, 0.05) is 12.1 Å². The summed E-state index contributed by atoms with van der Waals surface area (Å²) < 4.78 is 12.9. The fourth-order valence-electron chi connectivity index (χ4n) is 2.16. The van der Waals surface area contributed by atoms with Gasteiger partial charge < -0.3 is 10.6 Å². The number of benzene rings is 2. The normalized spacial score (nSPS) is 10.2. The van der Waals surface area contributed by atoms with Crippen LogP contribution >= 0.6 is 0 Å². The second-order valence-corrected chi connectivity index (χ2v) is 5.23. The van der Waals surface area contributed by atoms with Gasteiger partial charge in [-0.15, -0.1) is 0 Å². The van der Waals surface area contributed by atoms with E-state index < -0.39 is 0 Å². The Labute approximate surface area is 139 Å². The summed E-state index contributed by atoms with van der Waals surface area (Å²) >= 11 is 0. The molecule has 2 N–H and O–H groups in total. The van der Waals surface area contributed by atoms with Crippen molar-refractivity contribution < 1.29 is 9.18 Å². The molecule has 0 saturated heterocycles. The number of anilines is 2. The van der Waals surface area contributed by atoms with Gasteiger partial charge in [-0.25, -0.2) is 9.37 Å². The van der Waals surface area contributed by atoms with Gasteiger partial charge >= 0.3 is 0 Å². The van der Waals surface area contributed by atoms with Crippen LogP contribution in [0.2, 0.25) is 0 Å². The van der Waals surface area contributed by atoms with Gasteiger partial charge in [0.1, 0.15) is 11.6 Å². The largest absolute Gasteiger partial charge is 0.380 e. The van der Waals surface area contributed by atoms with Crippen molar-refractivity contribution in [2.45, 2.75) is 6.54 Å². The Morgan fingerprint density at radius 3 is 2.38 bits per heavy atom. The maximum atomic E-state index is 12.9. The average molecular weight is 321 g/mol. The smallest absolute Gasteiger partial charge is 0.256 e. The van der Waals surface area contributed by atoms with Crippen molar-refractivity contribution >= 4 is 17.4 Å². The van der Waals surface area contributed by atoms with E-state index >= 15 is 0 Å². The van der Waals surface area contributed by atoms with Crippen molar-refractivity contribution in [2.24, 2.45) is 0 Å². The zero-order chi connectivity index (χ0) is 16.8. The minimum Gasteiger partial charge on any atom is -0.380 e. The van der Waals surface area contributed by atoms with E-state index in [1.807, 2.05) is 24.3 Å². The lowest BCUT2D eigenvalue weighted by molar-refractivity contribution is 0.102. The molecule has 0 unspecified atom stereocenters. The molecule has 3 aromatic rings. The molecule has 120 valence electrons. The maximum Gasteiger partial charge on any atom is 0.256 e. The number of pyridine rings is 1. The molecular weight excluding hydrogens is 305 g/mol. The van der Waals surface area contributed by atoms with Crippen LogP contribution in [0.1, 0.15) is 15.9 Å². The number of aromatic nitrogens is 1. The molecule has 0 aliphatic rings. The van der Waals surface area contributed by atoms with E-state index in [-0.39, 0.29) is 11.7 Å². The lowest BCUT2D eigenvalue weighted by Gasteiger charge is -2.08. The highest BCUT2D eigenvalue weighted by atomic mass is 19.1. The molecule has 2 aromatic carbocycles. The number of halogens is 1. The number of amides is 1. The summed E-state index contributed by atoms with van der Waals surface area (Å²) in [5, 5.41) is 5.94. The minimum atomic E-state index is -0.251. The fraction of sp³-hybridized carbons (Fsp3) is 0.0526. The predicted molar refractivity (Wildman–Crippen MR) is 92.4 cm³/mol. The van der Waals surface area contributed by atoms with Gasteiger partial charge in [0.15, 0.2) is 0 Å². The van der Waals surface area contributed by atoms with E-state index in [9.17, 15) is 9.18 Å². The number of nitrogens with one attached hydrogen (secondary N) is 2. The summed E-state index contributed by atoms with van der Waals surface area (Å²) in [5.41, 5.74) is 2.37. The number of carbonyl (C=O) groups excluding carboxylic acids is 1. The quantitative estimate of drug-likeness (QED) is 0.744. The fourth-order valence-corrected chi connectivity index (χ4v) is 2.16. The monoisotopic (exact) mass is 321 g/mol. The average Bonchev–Trinajstić information content (AvgIpc) is 2.63. The molecule has 1 aromatic heterocycles. The summed E-state index contributed by atoms with van der Waals surface area (Å²) in [6, 6.07) is 18.8. The Morgan fingerprint density at radius 2 is 1.71 bits per heavy atom. The van der Waals surface area contributed by atoms with Crippen LogP contribution in [0.25, 0.3) is 0 Å². The molecular formula is C19H16FN3O. The van der Waals surface area contributed by atoms with Crippen LogP contribution in [0, 0.1) is 5.82 Å². The zero-order valence-corrected chi connectivity index (χ0v) is 12.9. The summed E-state index contributed by atoms with van der Waals surface area (Å²) in [5.74, 6) is 0.0326. The molecule has 0 aliphatic heterocycles. The van der Waals surface area contributed by atoms with Crippen LogP contribution in [0.3, 0.4) is 0 Å². The van der Waals surface area contributed by atoms with Gasteiger partial charge in [0.25, 0.3) is 5.91 Å². The van der Waals surface area contributed by atoms with Crippen molar-refractivity contribution in [3.8, 4) is 0 Å². The third kappa shape index (κ3) is 4.16. The number of carbonyl (C=O) groups is 1. The molecule has 1 heterocycles. The Balaban J connectivity index is 1.57. The first-order valence-electron chi connectivity index (χ1n) is 7.51. The second kappa shape index (κ2) is 7.37. The maximum absolute atomic E-state index is 12.9. The highest BCUT2D eigenvalue weighted by Gasteiger charge is 2.05. The van der Waals surface area contributed by atoms with Crippen molar-refractivity contribution in [2.75, 3.05) is 10.6 Å². The standard InChI is InChI=1S/C19H16FN3O/c20-16-8-6-14(7-9-16)12-21-17-10-11-18(22-13-17)23-19(24)15-4-2-1-3-5-15/h1-11,13,21H,12H2,(H,22,23,24). The van der Waals surface area contributed by atoms with Gasteiger partial charge in [0.2, 0.25) is 0 Å². The van der Waals surface area contributed by atoms with Crippen LogP contribution in [0.4, 0.5) is 15.9 Å². The molecule has 0 bridgehead atoms. The second-order valence-electron chi connectivity index (χ2n) is 5.23. The molecule has 0 aliphatic carbocycles. The summed E-state index contributed by atoms with van der Waals surface area (Å²) in [6.45, 7) is 0.567. The lowest BCUT2D eigenvalue weighted by Crippen LogP contribution is -2.12. The number of rotatable bonds is 5. The Kier molecular flexibility index (Phi) is 4.81. The highest BCUT2D eigenvalue weighted by molar-refractivity contribution is 6.03. The Hall–Kier alpha value is -3.21. The van der Waals surface area contributed by atoms with E-state index in [0.717, 1.165) is 11.3 Å². The summed E-state index contributed by atoms with van der Waals surface area (Å²) in [6.07, 6.45) is 1.64. The van der Waals surface area contributed by atoms with Crippen LogP contribution < -0.4 is 10.6 Å². The van der Waals surface area contributed by atoms with Gasteiger partial charge in [-0.3, -0.25) is 4.79 Å². The predicted octanol–water partition coefficient (Wildman–Crippen LogP) is 4.09. The van der Waals surface area contributed by atoms with Crippen molar-refractivity contribution in [1.82, 2.24) is 4.98 Å². The van der Waals surface area contributed by atoms with Crippen molar-refractivity contribution in [1.29, 1.82) is 0 Å². The highest BCUT2D eigenvalue weighted by Crippen LogP contribution is 2.13. The van der Waals surface area contributed by atoms with E-state index in [0.29, 0.717) is 17.9 Å². The molecule has 4 nitrogen and oxygen atoms in total. The third-order valence-corrected chi connectivity index (χ3v) is 3.45. The molecule has 0 atom stereocenters. The van der Waals surface area contributed by atoms with E-state index in [2.05, 4.69) is 15.6 Å². The van der Waals surface area contributed by atoms with Crippen LogP contribution in [0.15, 0.2) is 72.9 Å².